The van der Waals surface area contributed by atoms with Gasteiger partial charge in [-0.15, -0.1) is 0 Å². The molecule has 0 saturated carbocycles. The number of nitrogens with one attached hydrogen (secondary N) is 1. The van der Waals surface area contributed by atoms with Gasteiger partial charge in [-0.25, -0.2) is 0 Å². The summed E-state index contributed by atoms with van der Waals surface area (Å²) in [4.78, 5) is 26.2. The highest BCUT2D eigenvalue weighted by Crippen LogP contribution is 2.18. The molecule has 0 aliphatic carbocycles. The van der Waals surface area contributed by atoms with Crippen LogP contribution in [0.2, 0.25) is 0 Å². The van der Waals surface area contributed by atoms with Crippen molar-refractivity contribution in [3.05, 3.63) is 60.8 Å². The van der Waals surface area contributed by atoms with E-state index in [1.807, 2.05) is 36.5 Å². The van der Waals surface area contributed by atoms with Gasteiger partial charge in [0.1, 0.15) is 6.10 Å². The van der Waals surface area contributed by atoms with Crippen LogP contribution in [0, 0.1) is 0 Å². The van der Waals surface area contributed by atoms with Crippen molar-refractivity contribution in [1.82, 2.24) is 5.32 Å². The summed E-state index contributed by atoms with van der Waals surface area (Å²) in [6, 6.07) is -0.726. The Kier molecular flexibility index (Phi) is 50.6. The molecule has 0 aromatic rings. The Bertz CT molecular complexity index is 1160. The van der Waals surface area contributed by atoms with Crippen LogP contribution in [0.15, 0.2) is 60.8 Å². The molecule has 378 valence electrons. The second-order valence-corrected chi connectivity index (χ2v) is 19.0. The number of unbranched alkanes of at least 4 members (excludes halogenated alkanes) is 31. The predicted molar refractivity (Wildman–Crippen MR) is 282 cm³/mol. The van der Waals surface area contributed by atoms with Gasteiger partial charge >= 0.3 is 5.97 Å². The SMILES string of the molecule is CC/C=C/C=C/C=C\C=C/CCCC(CC(=O)NC(CO)C(O)CCCCCCCCCCCCCCCCCCC)OC(=O)CCCCCCC/C=C/CCCCCCCCCCC. The molecule has 0 aliphatic rings. The van der Waals surface area contributed by atoms with E-state index < -0.39 is 18.2 Å². The maximum atomic E-state index is 13.2. The summed E-state index contributed by atoms with van der Waals surface area (Å²) < 4.78 is 5.90. The van der Waals surface area contributed by atoms with Gasteiger partial charge in [-0.3, -0.25) is 9.59 Å². The zero-order valence-corrected chi connectivity index (χ0v) is 43.1. The van der Waals surface area contributed by atoms with Crippen molar-refractivity contribution in [3.8, 4) is 0 Å². The number of amides is 1. The second kappa shape index (κ2) is 52.5. The van der Waals surface area contributed by atoms with Gasteiger partial charge in [0.05, 0.1) is 25.2 Å². The van der Waals surface area contributed by atoms with Crippen LogP contribution in [-0.4, -0.2) is 46.9 Å². The zero-order chi connectivity index (χ0) is 47.4. The molecule has 3 unspecified atom stereocenters. The van der Waals surface area contributed by atoms with Crippen molar-refractivity contribution in [2.24, 2.45) is 0 Å². The third-order valence-corrected chi connectivity index (χ3v) is 12.7. The molecule has 0 aliphatic heterocycles. The predicted octanol–water partition coefficient (Wildman–Crippen LogP) is 17.2. The standard InChI is InChI=1S/C59H107NO5/c1-4-7-10-13-16-19-22-24-26-28-30-32-34-37-40-43-46-49-52-59(64)65-55(50-47-44-41-38-35-21-18-15-12-9-6-3)53-58(63)60-56(54-61)57(62)51-48-45-42-39-36-33-31-29-27-25-23-20-17-14-11-8-5-2/h9,12,15,18,21,30,32,35,38,41,55-57,61-62H,4-8,10-11,13-14,16-17,19-20,22-29,31,33-34,36-37,39-40,42-54H2,1-3H3,(H,60,63)/b12-9+,18-15+,32-30+,35-21-,41-38-. The third kappa shape index (κ3) is 47.8. The highest BCUT2D eigenvalue weighted by atomic mass is 16.5. The Morgan fingerprint density at radius 3 is 1.32 bits per heavy atom. The monoisotopic (exact) mass is 910 g/mol. The van der Waals surface area contributed by atoms with E-state index in [1.165, 1.54) is 167 Å². The number of hydrogen-bond donors (Lipinski definition) is 3. The second-order valence-electron chi connectivity index (χ2n) is 19.0. The topological polar surface area (TPSA) is 95.9 Å². The number of aliphatic hydroxyl groups excluding tert-OH is 2. The fraction of sp³-hybridized carbons (Fsp3) is 0.797. The summed E-state index contributed by atoms with van der Waals surface area (Å²) in [5, 5.41) is 23.8. The van der Waals surface area contributed by atoms with Gasteiger partial charge in [-0.05, 0) is 64.2 Å². The van der Waals surface area contributed by atoms with Crippen molar-refractivity contribution < 1.29 is 24.5 Å². The number of rotatable bonds is 50. The number of ether oxygens (including phenoxy) is 1. The van der Waals surface area contributed by atoms with E-state index in [0.29, 0.717) is 19.3 Å². The van der Waals surface area contributed by atoms with Crippen molar-refractivity contribution in [2.75, 3.05) is 6.61 Å². The highest BCUT2D eigenvalue weighted by Gasteiger charge is 2.24. The average molecular weight is 911 g/mol. The van der Waals surface area contributed by atoms with E-state index in [2.05, 4.69) is 50.4 Å². The Hall–Kier alpha value is -2.44. The van der Waals surface area contributed by atoms with Crippen LogP contribution in [0.1, 0.15) is 278 Å². The van der Waals surface area contributed by atoms with E-state index >= 15 is 0 Å². The molecule has 0 fully saturated rings. The van der Waals surface area contributed by atoms with E-state index in [9.17, 15) is 19.8 Å². The zero-order valence-electron chi connectivity index (χ0n) is 43.1. The molecule has 0 bridgehead atoms. The van der Waals surface area contributed by atoms with Gasteiger partial charge in [0.2, 0.25) is 5.91 Å². The summed E-state index contributed by atoms with van der Waals surface area (Å²) in [5.41, 5.74) is 0. The minimum atomic E-state index is -0.808. The van der Waals surface area contributed by atoms with Crippen molar-refractivity contribution >= 4 is 11.9 Å². The lowest BCUT2D eigenvalue weighted by atomic mass is 10.0. The maximum absolute atomic E-state index is 13.2. The minimum absolute atomic E-state index is 0.0282. The first-order valence-electron chi connectivity index (χ1n) is 28.1. The molecule has 6 nitrogen and oxygen atoms in total. The summed E-state index contributed by atoms with van der Waals surface area (Å²) >= 11 is 0. The van der Waals surface area contributed by atoms with Crippen molar-refractivity contribution in [3.63, 3.8) is 0 Å². The number of esters is 1. The summed E-state index contributed by atoms with van der Waals surface area (Å²) in [6.07, 6.45) is 65.9. The van der Waals surface area contributed by atoms with Gasteiger partial charge in [0, 0.05) is 6.42 Å². The van der Waals surface area contributed by atoms with E-state index in [1.54, 1.807) is 0 Å². The van der Waals surface area contributed by atoms with Crippen molar-refractivity contribution in [1.29, 1.82) is 0 Å². The molecule has 0 spiro atoms. The van der Waals surface area contributed by atoms with Crippen LogP contribution < -0.4 is 5.32 Å². The van der Waals surface area contributed by atoms with Crippen LogP contribution in [0.25, 0.3) is 0 Å². The molecule has 6 heteroatoms. The Balaban J connectivity index is 4.51. The molecule has 0 aromatic carbocycles. The number of hydrogen-bond acceptors (Lipinski definition) is 5. The normalized spacial score (nSPS) is 13.6. The van der Waals surface area contributed by atoms with E-state index in [0.717, 1.165) is 64.2 Å². The molecule has 0 saturated heterocycles. The van der Waals surface area contributed by atoms with Crippen LogP contribution in [-0.2, 0) is 14.3 Å². The first-order valence-corrected chi connectivity index (χ1v) is 28.1. The largest absolute Gasteiger partial charge is 0.462 e. The smallest absolute Gasteiger partial charge is 0.306 e. The lowest BCUT2D eigenvalue weighted by Gasteiger charge is -2.24. The van der Waals surface area contributed by atoms with Crippen LogP contribution >= 0.6 is 0 Å². The molecule has 0 rings (SSSR count). The van der Waals surface area contributed by atoms with Gasteiger partial charge in [-0.1, -0.05) is 261 Å². The molecule has 3 atom stereocenters. The molecule has 65 heavy (non-hydrogen) atoms. The minimum Gasteiger partial charge on any atom is -0.462 e. The van der Waals surface area contributed by atoms with Gasteiger partial charge < -0.3 is 20.3 Å². The van der Waals surface area contributed by atoms with Crippen molar-refractivity contribution in [2.45, 2.75) is 296 Å². The van der Waals surface area contributed by atoms with Crippen LogP contribution in [0.4, 0.5) is 0 Å². The summed E-state index contributed by atoms with van der Waals surface area (Å²) in [5.74, 6) is -0.546. The van der Waals surface area contributed by atoms with Gasteiger partial charge in [-0.2, -0.15) is 0 Å². The number of carbonyl (C=O) groups is 2. The Labute approximate surface area is 403 Å². The van der Waals surface area contributed by atoms with Gasteiger partial charge in [0.25, 0.3) is 0 Å². The lowest BCUT2D eigenvalue weighted by molar-refractivity contribution is -0.151. The summed E-state index contributed by atoms with van der Waals surface area (Å²) in [7, 11) is 0. The quantitative estimate of drug-likeness (QED) is 0.0245. The molecule has 0 heterocycles. The highest BCUT2D eigenvalue weighted by molar-refractivity contribution is 5.77. The van der Waals surface area contributed by atoms with Crippen LogP contribution in [0.5, 0.6) is 0 Å². The molecule has 3 N–H and O–H groups in total. The first-order chi connectivity index (χ1) is 32.0. The number of carbonyl (C=O) groups excluding carboxylic acids is 2. The molecule has 0 radical (unpaired) electrons. The average Bonchev–Trinajstić information content (AvgIpc) is 3.30. The lowest BCUT2D eigenvalue weighted by Crippen LogP contribution is -2.46. The Morgan fingerprint density at radius 1 is 0.462 bits per heavy atom. The van der Waals surface area contributed by atoms with Gasteiger partial charge in [0.15, 0.2) is 0 Å². The molecular weight excluding hydrogens is 803 g/mol. The fourth-order valence-electron chi connectivity index (χ4n) is 8.44. The third-order valence-electron chi connectivity index (χ3n) is 12.7. The van der Waals surface area contributed by atoms with E-state index in [4.69, 9.17) is 4.74 Å². The Morgan fingerprint density at radius 2 is 0.862 bits per heavy atom. The molecule has 1 amide bonds. The van der Waals surface area contributed by atoms with E-state index in [-0.39, 0.29) is 24.9 Å². The van der Waals surface area contributed by atoms with Crippen LogP contribution in [0.3, 0.4) is 0 Å². The number of allylic oxidation sites excluding steroid dienone is 10. The summed E-state index contributed by atoms with van der Waals surface area (Å²) in [6.45, 7) is 6.34. The molecular formula is C59H107NO5. The maximum Gasteiger partial charge on any atom is 0.306 e. The first kappa shape index (κ1) is 62.6. The molecule has 0 aromatic heterocycles. The fourth-order valence-corrected chi connectivity index (χ4v) is 8.44. The number of aliphatic hydroxyl groups is 2.